The highest BCUT2D eigenvalue weighted by Crippen LogP contribution is 2.10. The summed E-state index contributed by atoms with van der Waals surface area (Å²) in [6, 6.07) is 5.94. The van der Waals surface area contributed by atoms with Crippen LogP contribution in [-0.2, 0) is 21.2 Å². The third-order valence-electron chi connectivity index (χ3n) is 2.75. The minimum absolute atomic E-state index is 0.186. The number of benzene rings is 1. The van der Waals surface area contributed by atoms with Gasteiger partial charge in [-0.05, 0) is 24.1 Å². The van der Waals surface area contributed by atoms with Crippen molar-refractivity contribution in [2.24, 2.45) is 5.73 Å². The molecule has 0 fully saturated rings. The van der Waals surface area contributed by atoms with Gasteiger partial charge in [0, 0.05) is 12.8 Å². The largest absolute Gasteiger partial charge is 0.351 e. The van der Waals surface area contributed by atoms with Crippen LogP contribution in [0.25, 0.3) is 0 Å². The van der Waals surface area contributed by atoms with Crippen molar-refractivity contribution < 1.29 is 13.2 Å². The number of hydrogen-bond acceptors (Lipinski definition) is 4. The lowest BCUT2D eigenvalue weighted by Gasteiger charge is -2.11. The van der Waals surface area contributed by atoms with Crippen LogP contribution in [0.15, 0.2) is 29.2 Å². The molecule has 0 bridgehead atoms. The Morgan fingerprint density at radius 3 is 2.37 bits per heavy atom. The van der Waals surface area contributed by atoms with Crippen LogP contribution in [0.3, 0.4) is 0 Å². The van der Waals surface area contributed by atoms with Crippen LogP contribution in [0, 0.1) is 0 Å². The number of carbonyl (C=O) groups is 1. The van der Waals surface area contributed by atoms with E-state index >= 15 is 0 Å². The summed E-state index contributed by atoms with van der Waals surface area (Å²) in [6.07, 6.45) is 2.67. The van der Waals surface area contributed by atoms with Crippen molar-refractivity contribution in [1.82, 2.24) is 5.32 Å². The van der Waals surface area contributed by atoms with Gasteiger partial charge in [0.25, 0.3) is 0 Å². The summed E-state index contributed by atoms with van der Waals surface area (Å²) in [7, 11) is -3.18. The van der Waals surface area contributed by atoms with Gasteiger partial charge in [0.15, 0.2) is 9.84 Å². The average molecular weight is 284 g/mol. The second kappa shape index (κ2) is 6.68. The fraction of sp³-hybridized carbons (Fsp3) is 0.462. The first-order valence-electron chi connectivity index (χ1n) is 6.17. The van der Waals surface area contributed by atoms with E-state index in [1.54, 1.807) is 12.1 Å². The van der Waals surface area contributed by atoms with E-state index < -0.39 is 15.9 Å². The molecule has 5 nitrogen and oxygen atoms in total. The summed E-state index contributed by atoms with van der Waals surface area (Å²) in [4.78, 5) is 11.9. The van der Waals surface area contributed by atoms with Crippen LogP contribution >= 0.6 is 0 Å². The number of amides is 1. The van der Waals surface area contributed by atoms with Crippen molar-refractivity contribution >= 4 is 15.7 Å². The van der Waals surface area contributed by atoms with Gasteiger partial charge in [0.2, 0.25) is 5.91 Å². The lowest BCUT2D eigenvalue weighted by Crippen LogP contribution is -2.40. The molecule has 1 rings (SSSR count). The predicted molar refractivity (Wildman–Crippen MR) is 74.3 cm³/mol. The summed E-state index contributed by atoms with van der Waals surface area (Å²) in [5.74, 6) is -0.186. The maximum absolute atomic E-state index is 11.6. The van der Waals surface area contributed by atoms with Gasteiger partial charge >= 0.3 is 0 Å². The van der Waals surface area contributed by atoms with Gasteiger partial charge in [-0.2, -0.15) is 0 Å². The molecule has 0 unspecified atom stereocenters. The predicted octanol–water partition coefficient (Wildman–Crippen LogP) is 0.834. The lowest BCUT2D eigenvalue weighted by atomic mass is 10.1. The molecule has 0 aliphatic rings. The maximum Gasteiger partial charge on any atom is 0.237 e. The second-order valence-corrected chi connectivity index (χ2v) is 6.54. The first kappa shape index (κ1) is 15.7. The molecule has 3 N–H and O–H groups in total. The zero-order valence-corrected chi connectivity index (χ0v) is 12.0. The average Bonchev–Trinajstić information content (AvgIpc) is 2.35. The smallest absolute Gasteiger partial charge is 0.237 e. The van der Waals surface area contributed by atoms with Crippen LogP contribution in [0.1, 0.15) is 25.3 Å². The third-order valence-corrected chi connectivity index (χ3v) is 3.88. The van der Waals surface area contributed by atoms with E-state index in [2.05, 4.69) is 5.32 Å². The highest BCUT2D eigenvalue weighted by atomic mass is 32.2. The fourth-order valence-corrected chi connectivity index (χ4v) is 2.25. The zero-order chi connectivity index (χ0) is 14.5. The van der Waals surface area contributed by atoms with Gasteiger partial charge in [-0.1, -0.05) is 25.5 Å². The molecule has 106 valence electrons. The van der Waals surface area contributed by atoms with Crippen molar-refractivity contribution in [3.63, 3.8) is 0 Å². The molecule has 0 spiro atoms. The molecule has 19 heavy (non-hydrogen) atoms. The number of nitrogens with two attached hydrogens (primary N) is 1. The summed E-state index contributed by atoms with van der Waals surface area (Å²) < 4.78 is 22.6. The summed E-state index contributed by atoms with van der Waals surface area (Å²) in [6.45, 7) is 2.32. The number of sulfone groups is 1. The number of nitrogens with one attached hydrogen (secondary N) is 1. The van der Waals surface area contributed by atoms with E-state index in [1.807, 2.05) is 6.92 Å². The third kappa shape index (κ3) is 5.00. The Morgan fingerprint density at radius 1 is 1.32 bits per heavy atom. The van der Waals surface area contributed by atoms with Crippen LogP contribution in [0.4, 0.5) is 0 Å². The highest BCUT2D eigenvalue weighted by molar-refractivity contribution is 7.90. The maximum atomic E-state index is 11.6. The Bertz CT molecular complexity index is 523. The fourth-order valence-electron chi connectivity index (χ4n) is 1.62. The molecule has 6 heteroatoms. The molecule has 1 aromatic carbocycles. The quantitative estimate of drug-likeness (QED) is 0.810. The number of hydrogen-bond donors (Lipinski definition) is 2. The van der Waals surface area contributed by atoms with Gasteiger partial charge in [-0.3, -0.25) is 4.79 Å². The molecule has 0 heterocycles. The minimum atomic E-state index is -3.18. The zero-order valence-electron chi connectivity index (χ0n) is 11.2. The van der Waals surface area contributed by atoms with Gasteiger partial charge in [0.05, 0.1) is 10.9 Å². The van der Waals surface area contributed by atoms with Gasteiger partial charge in [-0.25, -0.2) is 8.42 Å². The van der Waals surface area contributed by atoms with E-state index in [0.717, 1.165) is 18.2 Å². The molecule has 0 aliphatic carbocycles. The van der Waals surface area contributed by atoms with Crippen molar-refractivity contribution in [1.29, 1.82) is 0 Å². The monoisotopic (exact) mass is 284 g/mol. The Kier molecular flexibility index (Phi) is 5.50. The number of carbonyl (C=O) groups excluding carboxylic acids is 1. The van der Waals surface area contributed by atoms with Crippen LogP contribution in [0.5, 0.6) is 0 Å². The molecular formula is C13H20N2O3S. The summed E-state index contributed by atoms with van der Waals surface area (Å²) in [5, 5.41) is 2.73. The van der Waals surface area contributed by atoms with Crippen molar-refractivity contribution in [2.45, 2.75) is 37.2 Å². The van der Waals surface area contributed by atoms with Crippen molar-refractivity contribution in [3.05, 3.63) is 29.8 Å². The topological polar surface area (TPSA) is 89.3 Å². The van der Waals surface area contributed by atoms with Crippen LogP contribution in [-0.4, -0.2) is 26.6 Å². The molecule has 1 amide bonds. The second-order valence-electron chi connectivity index (χ2n) is 4.53. The first-order valence-corrected chi connectivity index (χ1v) is 8.06. The van der Waals surface area contributed by atoms with Gasteiger partial charge in [-0.15, -0.1) is 0 Å². The molecule has 1 atom stereocenters. The van der Waals surface area contributed by atoms with E-state index in [1.165, 1.54) is 12.1 Å². The Balaban J connectivity index is 2.58. The highest BCUT2D eigenvalue weighted by Gasteiger charge is 2.11. The van der Waals surface area contributed by atoms with Crippen molar-refractivity contribution in [3.8, 4) is 0 Å². The van der Waals surface area contributed by atoms with Gasteiger partial charge < -0.3 is 11.1 Å². The molecule has 0 radical (unpaired) electrons. The Morgan fingerprint density at radius 2 is 1.89 bits per heavy atom. The van der Waals surface area contributed by atoms with E-state index in [0.29, 0.717) is 13.0 Å². The lowest BCUT2D eigenvalue weighted by molar-refractivity contribution is -0.122. The van der Waals surface area contributed by atoms with E-state index in [4.69, 9.17) is 5.73 Å². The summed E-state index contributed by atoms with van der Waals surface area (Å²) >= 11 is 0. The molecule has 0 saturated carbocycles. The van der Waals surface area contributed by atoms with Crippen LogP contribution in [0.2, 0.25) is 0 Å². The molecule has 1 aromatic rings. The first-order chi connectivity index (χ1) is 8.84. The summed E-state index contributed by atoms with van der Waals surface area (Å²) in [5.41, 5.74) is 6.52. The standard InChI is InChI=1S/C13H20N2O3S/c1-3-4-12(14)13(16)15-9-10-5-7-11(8-6-10)19(2,17)18/h5-8,12H,3-4,9,14H2,1-2H3,(H,15,16)/t12-/m1/s1. The Hall–Kier alpha value is -1.40. The normalized spacial score (nSPS) is 13.0. The van der Waals surface area contributed by atoms with E-state index in [-0.39, 0.29) is 10.8 Å². The minimum Gasteiger partial charge on any atom is -0.351 e. The molecule has 0 aliphatic heterocycles. The van der Waals surface area contributed by atoms with E-state index in [9.17, 15) is 13.2 Å². The Labute approximate surface area is 114 Å². The van der Waals surface area contributed by atoms with Gasteiger partial charge in [0.1, 0.15) is 0 Å². The molecule has 0 aromatic heterocycles. The van der Waals surface area contributed by atoms with Crippen molar-refractivity contribution in [2.75, 3.05) is 6.26 Å². The molecular weight excluding hydrogens is 264 g/mol. The SMILES string of the molecule is CCC[C@@H](N)C(=O)NCc1ccc(S(C)(=O)=O)cc1. The number of rotatable bonds is 6. The molecule has 0 saturated heterocycles. The van der Waals surface area contributed by atoms with Crippen LogP contribution < -0.4 is 11.1 Å².